The van der Waals surface area contributed by atoms with Gasteiger partial charge in [0, 0.05) is 29.7 Å². The van der Waals surface area contributed by atoms with E-state index in [0.717, 1.165) is 29.7 Å². The van der Waals surface area contributed by atoms with Crippen molar-refractivity contribution in [3.8, 4) is 16.9 Å². The first-order valence-electron chi connectivity index (χ1n) is 14.5. The molecule has 222 valence electrons. The minimum absolute atomic E-state index is 0.0210. The predicted octanol–water partition coefficient (Wildman–Crippen LogP) is 4.75. The predicted molar refractivity (Wildman–Crippen MR) is 164 cm³/mol. The summed E-state index contributed by atoms with van der Waals surface area (Å²) in [5.41, 5.74) is 3.75. The van der Waals surface area contributed by atoms with Crippen LogP contribution in [-0.4, -0.2) is 73.1 Å². The molecule has 2 amide bonds. The number of fused-ring (bicyclic) bond motifs is 1. The fraction of sp³-hybridized carbons (Fsp3) is 0.394. The molecule has 3 aromatic carbocycles. The minimum atomic E-state index is -3.33. The zero-order valence-electron chi connectivity index (χ0n) is 24.7. The molecule has 8 nitrogen and oxygen atoms in total. The summed E-state index contributed by atoms with van der Waals surface area (Å²) in [6, 6.07) is 22.7. The van der Waals surface area contributed by atoms with Crippen molar-refractivity contribution in [3.63, 3.8) is 0 Å². The Morgan fingerprint density at radius 1 is 0.905 bits per heavy atom. The molecule has 9 heteroatoms. The first-order chi connectivity index (χ1) is 20.0. The van der Waals surface area contributed by atoms with Crippen LogP contribution in [0, 0.1) is 0 Å². The highest BCUT2D eigenvalue weighted by molar-refractivity contribution is 7.89. The molecule has 0 radical (unpaired) electrons. The average molecular weight is 590 g/mol. The molecular weight excluding hydrogens is 550 g/mol. The van der Waals surface area contributed by atoms with Crippen LogP contribution in [0.5, 0.6) is 5.75 Å². The van der Waals surface area contributed by atoms with Crippen molar-refractivity contribution in [2.45, 2.75) is 58.2 Å². The number of ether oxygens (including phenoxy) is 1. The molecule has 0 saturated carbocycles. The van der Waals surface area contributed by atoms with E-state index in [0.29, 0.717) is 23.3 Å². The van der Waals surface area contributed by atoms with Gasteiger partial charge in [0.1, 0.15) is 12.4 Å². The summed E-state index contributed by atoms with van der Waals surface area (Å²) in [5, 5.41) is 0. The van der Waals surface area contributed by atoms with Gasteiger partial charge in [-0.15, -0.1) is 0 Å². The third-order valence-corrected chi connectivity index (χ3v) is 9.56. The maximum absolute atomic E-state index is 12.7. The van der Waals surface area contributed by atoms with E-state index < -0.39 is 10.0 Å². The van der Waals surface area contributed by atoms with Crippen LogP contribution in [0.25, 0.3) is 11.1 Å². The minimum Gasteiger partial charge on any atom is -0.491 e. The number of para-hydroxylation sites is 1. The molecule has 2 aliphatic heterocycles. The number of likely N-dealkylation sites (tertiary alicyclic amines) is 1. The number of nitrogens with zero attached hydrogens (tertiary/aromatic N) is 2. The third-order valence-electron chi connectivity index (χ3n) is 8.14. The van der Waals surface area contributed by atoms with E-state index in [1.54, 1.807) is 31.2 Å². The van der Waals surface area contributed by atoms with Gasteiger partial charge in [0.15, 0.2) is 0 Å². The molecule has 5 rings (SSSR count). The monoisotopic (exact) mass is 589 g/mol. The van der Waals surface area contributed by atoms with Crippen LogP contribution >= 0.6 is 0 Å². The van der Waals surface area contributed by atoms with E-state index >= 15 is 0 Å². The maximum Gasteiger partial charge on any atom is 0.261 e. The van der Waals surface area contributed by atoms with Gasteiger partial charge in [-0.1, -0.05) is 54.6 Å². The first kappa shape index (κ1) is 29.9. The summed E-state index contributed by atoms with van der Waals surface area (Å²) >= 11 is 0. The lowest BCUT2D eigenvalue weighted by Gasteiger charge is -2.38. The van der Waals surface area contributed by atoms with Crippen molar-refractivity contribution < 1.29 is 22.7 Å². The van der Waals surface area contributed by atoms with Gasteiger partial charge in [-0.05, 0) is 69.9 Å². The molecule has 3 aromatic rings. The standard InChI is InChI=1S/C33H39N3O5S/c1-5-42(39,40)34-28-17-18-36(33(2,3)4)29(28)22-23-11-10-12-24(21-23)25-13-8-9-16-30(25)41-20-19-35-31(37)26-14-6-7-15-27(26)32(35)38/h6-16,21,28-29,34H,5,17-20,22H2,1-4H3. The molecule has 1 fully saturated rings. The van der Waals surface area contributed by atoms with Gasteiger partial charge in [0.2, 0.25) is 10.0 Å². The van der Waals surface area contributed by atoms with Gasteiger partial charge in [-0.3, -0.25) is 19.4 Å². The number of carbonyl (C=O) groups is 2. The van der Waals surface area contributed by atoms with Gasteiger partial charge < -0.3 is 4.74 Å². The van der Waals surface area contributed by atoms with Gasteiger partial charge in [0.25, 0.3) is 11.8 Å². The molecule has 0 spiro atoms. The summed E-state index contributed by atoms with van der Waals surface area (Å²) in [6.45, 7) is 9.32. The number of nitrogens with one attached hydrogen (secondary N) is 1. The van der Waals surface area contributed by atoms with E-state index in [9.17, 15) is 18.0 Å². The van der Waals surface area contributed by atoms with Crippen molar-refractivity contribution in [2.24, 2.45) is 0 Å². The van der Waals surface area contributed by atoms with Crippen LogP contribution in [0.3, 0.4) is 0 Å². The highest BCUT2D eigenvalue weighted by Gasteiger charge is 2.41. The quantitative estimate of drug-likeness (QED) is 0.343. The van der Waals surface area contributed by atoms with Gasteiger partial charge in [-0.2, -0.15) is 0 Å². The molecule has 2 unspecified atom stereocenters. The largest absolute Gasteiger partial charge is 0.491 e. The van der Waals surface area contributed by atoms with Crippen LogP contribution < -0.4 is 9.46 Å². The highest BCUT2D eigenvalue weighted by atomic mass is 32.2. The number of rotatable bonds is 10. The second kappa shape index (κ2) is 12.0. The highest BCUT2D eigenvalue weighted by Crippen LogP contribution is 2.33. The summed E-state index contributed by atoms with van der Waals surface area (Å²) in [4.78, 5) is 29.1. The summed E-state index contributed by atoms with van der Waals surface area (Å²) in [6.07, 6.45) is 1.47. The number of carbonyl (C=O) groups excluding carboxylic acids is 2. The number of imide groups is 1. The summed E-state index contributed by atoms with van der Waals surface area (Å²) in [5.74, 6) is 0.134. The molecule has 2 atom stereocenters. The van der Waals surface area contributed by atoms with Gasteiger partial charge in [-0.25, -0.2) is 13.1 Å². The molecular formula is C33H39N3O5S. The Morgan fingerprint density at radius 2 is 1.55 bits per heavy atom. The fourth-order valence-electron chi connectivity index (χ4n) is 6.02. The Bertz CT molecular complexity index is 1550. The molecule has 42 heavy (non-hydrogen) atoms. The number of amides is 2. The van der Waals surface area contributed by atoms with Crippen LogP contribution in [0.4, 0.5) is 0 Å². The van der Waals surface area contributed by atoms with E-state index in [4.69, 9.17) is 4.74 Å². The van der Waals surface area contributed by atoms with E-state index in [1.807, 2.05) is 36.4 Å². The smallest absolute Gasteiger partial charge is 0.261 e. The van der Waals surface area contributed by atoms with Crippen LogP contribution in [0.2, 0.25) is 0 Å². The van der Waals surface area contributed by atoms with Crippen molar-refractivity contribution in [2.75, 3.05) is 25.4 Å². The Kier molecular flexibility index (Phi) is 8.55. The second-order valence-corrected chi connectivity index (χ2v) is 13.9. The lowest BCUT2D eigenvalue weighted by molar-refractivity contribution is 0.0631. The molecule has 1 saturated heterocycles. The Labute approximate surface area is 248 Å². The molecule has 2 heterocycles. The van der Waals surface area contributed by atoms with Crippen LogP contribution in [-0.2, 0) is 16.4 Å². The van der Waals surface area contributed by atoms with Gasteiger partial charge >= 0.3 is 0 Å². The Morgan fingerprint density at radius 3 is 2.19 bits per heavy atom. The lowest BCUT2D eigenvalue weighted by atomic mass is 9.94. The molecule has 0 bridgehead atoms. The van der Waals surface area contributed by atoms with Crippen molar-refractivity contribution in [1.82, 2.24) is 14.5 Å². The summed E-state index contributed by atoms with van der Waals surface area (Å²) in [7, 11) is -3.33. The van der Waals surface area contributed by atoms with E-state index in [1.165, 1.54) is 4.90 Å². The lowest BCUT2D eigenvalue weighted by Crippen LogP contribution is -2.52. The fourth-order valence-corrected chi connectivity index (χ4v) is 6.92. The molecule has 0 aliphatic carbocycles. The number of sulfonamides is 1. The first-order valence-corrected chi connectivity index (χ1v) is 16.2. The number of benzene rings is 3. The Hall–Kier alpha value is -3.53. The van der Waals surface area contributed by atoms with Crippen LogP contribution in [0.1, 0.15) is 60.4 Å². The maximum atomic E-state index is 12.7. The SMILES string of the molecule is CCS(=O)(=O)NC1CCN(C(C)(C)C)C1Cc1cccc(-c2ccccc2OCCN2C(=O)c3ccccc3C2=O)c1. The van der Waals surface area contributed by atoms with E-state index in [2.05, 4.69) is 42.5 Å². The molecule has 2 aliphatic rings. The second-order valence-electron chi connectivity index (χ2n) is 11.9. The molecule has 0 aromatic heterocycles. The third kappa shape index (κ3) is 6.28. The molecule has 1 N–H and O–H groups in total. The van der Waals surface area contributed by atoms with Crippen LogP contribution in [0.15, 0.2) is 72.8 Å². The van der Waals surface area contributed by atoms with E-state index in [-0.39, 0.29) is 48.3 Å². The summed E-state index contributed by atoms with van der Waals surface area (Å²) < 4.78 is 34.0. The average Bonchev–Trinajstić information content (AvgIpc) is 3.47. The van der Waals surface area contributed by atoms with Crippen molar-refractivity contribution >= 4 is 21.8 Å². The zero-order valence-corrected chi connectivity index (χ0v) is 25.5. The number of hydrogen-bond donors (Lipinski definition) is 1. The van der Waals surface area contributed by atoms with Crippen molar-refractivity contribution in [3.05, 3.63) is 89.5 Å². The topological polar surface area (TPSA) is 96.0 Å². The van der Waals surface area contributed by atoms with Gasteiger partial charge in [0.05, 0.1) is 23.4 Å². The van der Waals surface area contributed by atoms with Crippen molar-refractivity contribution in [1.29, 1.82) is 0 Å². The normalized spacial score (nSPS) is 19.4. The number of hydrogen-bond acceptors (Lipinski definition) is 6. The Balaban J connectivity index is 1.32. The zero-order chi connectivity index (χ0) is 30.1.